The lowest BCUT2D eigenvalue weighted by atomic mass is 10.2. The normalized spacial score (nSPS) is 11.1. The van der Waals surface area contributed by atoms with Crippen LogP contribution in [0.25, 0.3) is 5.13 Å². The van der Waals surface area contributed by atoms with E-state index in [4.69, 9.17) is 10.5 Å². The minimum atomic E-state index is 0.388. The third kappa shape index (κ3) is 2.55. The van der Waals surface area contributed by atoms with Gasteiger partial charge in [0.15, 0.2) is 0 Å². The van der Waals surface area contributed by atoms with E-state index in [1.807, 2.05) is 0 Å². The summed E-state index contributed by atoms with van der Waals surface area (Å²) in [5, 5.41) is 17.9. The predicted molar refractivity (Wildman–Crippen MR) is 67.4 cm³/mol. The molecule has 2 heterocycles. The summed E-state index contributed by atoms with van der Waals surface area (Å²) in [6.07, 6.45) is 1.88. The zero-order valence-electron chi connectivity index (χ0n) is 10.5. The van der Waals surface area contributed by atoms with Crippen LogP contribution >= 0.6 is 11.3 Å². The van der Waals surface area contributed by atoms with E-state index in [-0.39, 0.29) is 0 Å². The van der Waals surface area contributed by atoms with Gasteiger partial charge in [0, 0.05) is 13.7 Å². The highest BCUT2D eigenvalue weighted by molar-refractivity contribution is 7.13. The van der Waals surface area contributed by atoms with Gasteiger partial charge < -0.3 is 10.5 Å². The van der Waals surface area contributed by atoms with Gasteiger partial charge in [0.25, 0.3) is 0 Å². The predicted octanol–water partition coefficient (Wildman–Crippen LogP) is 0.676. The Morgan fingerprint density at radius 3 is 2.83 bits per heavy atom. The van der Waals surface area contributed by atoms with Gasteiger partial charge in [-0.2, -0.15) is 4.68 Å². The Morgan fingerprint density at radius 1 is 1.33 bits per heavy atom. The Hall–Kier alpha value is -1.38. The summed E-state index contributed by atoms with van der Waals surface area (Å²) in [5.74, 6) is 0. The molecule has 0 saturated heterocycles. The number of rotatable bonds is 6. The lowest BCUT2D eigenvalue weighted by Crippen LogP contribution is -2.05. The van der Waals surface area contributed by atoms with Crippen LogP contribution in [-0.2, 0) is 24.3 Å². The van der Waals surface area contributed by atoms with Gasteiger partial charge in [0.2, 0.25) is 5.13 Å². The average molecular weight is 268 g/mol. The molecule has 2 aromatic rings. The van der Waals surface area contributed by atoms with Crippen LogP contribution in [0.2, 0.25) is 0 Å². The van der Waals surface area contributed by atoms with E-state index in [1.165, 1.54) is 11.3 Å². The summed E-state index contributed by atoms with van der Waals surface area (Å²) in [7, 11) is 1.63. The van der Waals surface area contributed by atoms with Crippen molar-refractivity contribution in [2.75, 3.05) is 7.11 Å². The lowest BCUT2D eigenvalue weighted by Gasteiger charge is -2.01. The van der Waals surface area contributed by atoms with Crippen LogP contribution in [0.15, 0.2) is 0 Å². The Bertz CT molecular complexity index is 508. The molecule has 0 atom stereocenters. The third-order valence-electron chi connectivity index (χ3n) is 2.43. The van der Waals surface area contributed by atoms with Crippen molar-refractivity contribution >= 4 is 11.3 Å². The molecular weight excluding hydrogens is 252 g/mol. The molecule has 0 aliphatic rings. The van der Waals surface area contributed by atoms with Crippen molar-refractivity contribution < 1.29 is 4.74 Å². The fraction of sp³-hybridized carbons (Fsp3) is 0.600. The number of hydrogen-bond acceptors (Lipinski definition) is 7. The maximum atomic E-state index is 5.66. The van der Waals surface area contributed by atoms with Gasteiger partial charge in [0.05, 0.1) is 11.4 Å². The molecule has 0 radical (unpaired) electrons. The van der Waals surface area contributed by atoms with Crippen molar-refractivity contribution in [1.29, 1.82) is 0 Å². The molecule has 0 aliphatic heterocycles. The molecule has 8 heteroatoms. The Kier molecular flexibility index (Phi) is 4.34. The van der Waals surface area contributed by atoms with Gasteiger partial charge in [0.1, 0.15) is 11.6 Å². The SMILES string of the molecule is CCCc1c(CN)nnn1-c1nnc(COC)s1. The molecule has 0 fully saturated rings. The van der Waals surface area contributed by atoms with Gasteiger partial charge in [-0.1, -0.05) is 29.9 Å². The summed E-state index contributed by atoms with van der Waals surface area (Å²) >= 11 is 1.45. The van der Waals surface area contributed by atoms with Crippen molar-refractivity contribution in [1.82, 2.24) is 25.2 Å². The molecule has 7 nitrogen and oxygen atoms in total. The number of nitrogens with two attached hydrogens (primary N) is 1. The smallest absolute Gasteiger partial charge is 0.234 e. The van der Waals surface area contributed by atoms with E-state index in [2.05, 4.69) is 27.4 Å². The molecule has 2 rings (SSSR count). The second kappa shape index (κ2) is 5.98. The number of aromatic nitrogens is 5. The standard InChI is InChI=1S/C10H16N6OS/c1-3-4-8-7(5-11)12-15-16(8)10-14-13-9(18-10)6-17-2/h3-6,11H2,1-2H3. The lowest BCUT2D eigenvalue weighted by molar-refractivity contribution is 0.184. The first kappa shape index (κ1) is 13.1. The topological polar surface area (TPSA) is 91.7 Å². The van der Waals surface area contributed by atoms with Crippen LogP contribution in [0.5, 0.6) is 0 Å². The van der Waals surface area contributed by atoms with E-state index in [1.54, 1.807) is 11.8 Å². The quantitative estimate of drug-likeness (QED) is 0.828. The summed E-state index contributed by atoms with van der Waals surface area (Å²) in [6, 6.07) is 0. The van der Waals surface area contributed by atoms with E-state index in [9.17, 15) is 0 Å². The largest absolute Gasteiger partial charge is 0.377 e. The van der Waals surface area contributed by atoms with Crippen LogP contribution in [0.4, 0.5) is 0 Å². The van der Waals surface area contributed by atoms with Crippen molar-refractivity contribution in [2.45, 2.75) is 32.9 Å². The first-order chi connectivity index (χ1) is 8.80. The van der Waals surface area contributed by atoms with Gasteiger partial charge in [-0.05, 0) is 6.42 Å². The Balaban J connectivity index is 2.33. The highest BCUT2D eigenvalue weighted by atomic mass is 32.1. The van der Waals surface area contributed by atoms with Gasteiger partial charge in [-0.25, -0.2) is 0 Å². The molecule has 2 aromatic heterocycles. The maximum Gasteiger partial charge on any atom is 0.234 e. The zero-order valence-corrected chi connectivity index (χ0v) is 11.3. The summed E-state index contributed by atoms with van der Waals surface area (Å²) < 4.78 is 6.75. The molecule has 98 valence electrons. The highest BCUT2D eigenvalue weighted by Crippen LogP contribution is 2.18. The van der Waals surface area contributed by atoms with Crippen LogP contribution < -0.4 is 5.73 Å². The fourth-order valence-electron chi connectivity index (χ4n) is 1.64. The van der Waals surface area contributed by atoms with Crippen molar-refractivity contribution in [2.24, 2.45) is 5.73 Å². The summed E-state index contributed by atoms with van der Waals surface area (Å²) in [6.45, 7) is 2.95. The monoisotopic (exact) mass is 268 g/mol. The van der Waals surface area contributed by atoms with Gasteiger partial charge in [-0.15, -0.1) is 15.3 Å². The second-order valence-electron chi connectivity index (χ2n) is 3.76. The van der Waals surface area contributed by atoms with Gasteiger partial charge in [-0.3, -0.25) is 0 Å². The summed E-state index contributed by atoms with van der Waals surface area (Å²) in [4.78, 5) is 0. The summed E-state index contributed by atoms with van der Waals surface area (Å²) in [5.41, 5.74) is 7.49. The Labute approximate surface area is 109 Å². The number of nitrogens with zero attached hydrogens (tertiary/aromatic N) is 5. The first-order valence-electron chi connectivity index (χ1n) is 5.75. The molecule has 0 saturated carbocycles. The molecule has 18 heavy (non-hydrogen) atoms. The molecule has 0 spiro atoms. The molecule has 2 N–H and O–H groups in total. The number of hydrogen-bond donors (Lipinski definition) is 1. The zero-order chi connectivity index (χ0) is 13.0. The maximum absolute atomic E-state index is 5.66. The van der Waals surface area contributed by atoms with Crippen LogP contribution in [0.3, 0.4) is 0 Å². The van der Waals surface area contributed by atoms with E-state index >= 15 is 0 Å². The molecule has 0 amide bonds. The van der Waals surface area contributed by atoms with Crippen LogP contribution in [-0.4, -0.2) is 32.3 Å². The molecular formula is C10H16N6OS. The third-order valence-corrected chi connectivity index (χ3v) is 3.30. The minimum Gasteiger partial charge on any atom is -0.377 e. The number of ether oxygens (including phenoxy) is 1. The van der Waals surface area contributed by atoms with E-state index in [0.717, 1.165) is 29.2 Å². The molecule has 0 aliphatic carbocycles. The highest BCUT2D eigenvalue weighted by Gasteiger charge is 2.15. The molecule has 0 aromatic carbocycles. The van der Waals surface area contributed by atoms with Crippen molar-refractivity contribution in [3.05, 3.63) is 16.4 Å². The van der Waals surface area contributed by atoms with Crippen LogP contribution in [0, 0.1) is 0 Å². The fourth-order valence-corrected chi connectivity index (χ4v) is 2.43. The first-order valence-corrected chi connectivity index (χ1v) is 6.57. The molecule has 0 bridgehead atoms. The van der Waals surface area contributed by atoms with E-state index < -0.39 is 0 Å². The van der Waals surface area contributed by atoms with E-state index in [0.29, 0.717) is 18.3 Å². The second-order valence-corrected chi connectivity index (χ2v) is 4.80. The molecule has 0 unspecified atom stereocenters. The van der Waals surface area contributed by atoms with Crippen LogP contribution in [0.1, 0.15) is 29.7 Å². The van der Waals surface area contributed by atoms with Crippen molar-refractivity contribution in [3.8, 4) is 5.13 Å². The average Bonchev–Trinajstić information content (AvgIpc) is 2.96. The Morgan fingerprint density at radius 2 is 2.17 bits per heavy atom. The van der Waals surface area contributed by atoms with Crippen molar-refractivity contribution in [3.63, 3.8) is 0 Å². The number of methoxy groups -OCH3 is 1. The van der Waals surface area contributed by atoms with Gasteiger partial charge >= 0.3 is 0 Å². The minimum absolute atomic E-state index is 0.388.